The largest absolute Gasteiger partial charge is 0.378 e. The van der Waals surface area contributed by atoms with Crippen molar-refractivity contribution in [1.29, 1.82) is 0 Å². The number of fused-ring (bicyclic) bond motifs is 1. The summed E-state index contributed by atoms with van der Waals surface area (Å²) in [4.78, 5) is 17.0. The highest BCUT2D eigenvalue weighted by Crippen LogP contribution is 2.40. The van der Waals surface area contributed by atoms with Crippen molar-refractivity contribution in [2.75, 3.05) is 44.3 Å². The van der Waals surface area contributed by atoms with Crippen molar-refractivity contribution in [3.8, 4) is 5.69 Å². The SMILES string of the molecule is c1cc(-n2cnc3c(C4CCNC4)nc(N4CCOCC4)nc32)ccc1C1CC1. The lowest BCUT2D eigenvalue weighted by molar-refractivity contribution is 0.122. The quantitative estimate of drug-likeness (QED) is 0.739. The van der Waals surface area contributed by atoms with E-state index in [9.17, 15) is 0 Å². The van der Waals surface area contributed by atoms with Crippen LogP contribution in [0.2, 0.25) is 0 Å². The molecule has 1 aromatic carbocycles. The lowest BCUT2D eigenvalue weighted by atomic mass is 10.0. The topological polar surface area (TPSA) is 68.1 Å². The molecule has 3 fully saturated rings. The van der Waals surface area contributed by atoms with Crippen molar-refractivity contribution in [1.82, 2.24) is 24.8 Å². The Morgan fingerprint density at radius 3 is 2.52 bits per heavy atom. The highest BCUT2D eigenvalue weighted by atomic mass is 16.5. The summed E-state index contributed by atoms with van der Waals surface area (Å²) in [5.41, 5.74) is 5.47. The molecule has 7 heteroatoms. The molecule has 29 heavy (non-hydrogen) atoms. The van der Waals surface area contributed by atoms with Crippen LogP contribution in [0.25, 0.3) is 16.9 Å². The molecule has 2 aliphatic heterocycles. The predicted octanol–water partition coefficient (Wildman–Crippen LogP) is 2.61. The van der Waals surface area contributed by atoms with E-state index in [0.717, 1.165) is 80.2 Å². The molecular formula is C22H26N6O. The van der Waals surface area contributed by atoms with Crippen molar-refractivity contribution in [2.24, 2.45) is 0 Å². The molecule has 2 saturated heterocycles. The van der Waals surface area contributed by atoms with Crippen molar-refractivity contribution >= 4 is 17.1 Å². The third-order valence-corrected chi connectivity index (χ3v) is 6.37. The average molecular weight is 390 g/mol. The Hall–Kier alpha value is -2.51. The third kappa shape index (κ3) is 3.18. The Bertz CT molecular complexity index is 1010. The van der Waals surface area contributed by atoms with Crippen LogP contribution < -0.4 is 10.2 Å². The molecule has 0 radical (unpaired) electrons. The Kier molecular flexibility index (Phi) is 4.23. The van der Waals surface area contributed by atoms with Gasteiger partial charge in [-0.25, -0.2) is 9.97 Å². The van der Waals surface area contributed by atoms with Gasteiger partial charge < -0.3 is 15.0 Å². The van der Waals surface area contributed by atoms with Crippen LogP contribution in [0.3, 0.4) is 0 Å². The lowest BCUT2D eigenvalue weighted by Crippen LogP contribution is -2.37. The molecule has 150 valence electrons. The molecular weight excluding hydrogens is 364 g/mol. The lowest BCUT2D eigenvalue weighted by Gasteiger charge is -2.27. The molecule has 1 unspecified atom stereocenters. The highest BCUT2D eigenvalue weighted by molar-refractivity contribution is 5.77. The van der Waals surface area contributed by atoms with E-state index in [2.05, 4.69) is 39.0 Å². The molecule has 2 aromatic heterocycles. The normalized spacial score (nSPS) is 22.5. The number of rotatable bonds is 4. The summed E-state index contributed by atoms with van der Waals surface area (Å²) in [7, 11) is 0. The fourth-order valence-corrected chi connectivity index (χ4v) is 4.50. The Labute approximate surface area is 170 Å². The van der Waals surface area contributed by atoms with Gasteiger partial charge in [-0.1, -0.05) is 12.1 Å². The number of hydrogen-bond donors (Lipinski definition) is 1. The fraction of sp³-hybridized carbons (Fsp3) is 0.500. The predicted molar refractivity (Wildman–Crippen MR) is 112 cm³/mol. The maximum absolute atomic E-state index is 5.53. The highest BCUT2D eigenvalue weighted by Gasteiger charge is 2.27. The van der Waals surface area contributed by atoms with Gasteiger partial charge >= 0.3 is 0 Å². The number of imidazole rings is 1. The van der Waals surface area contributed by atoms with Gasteiger partial charge in [0, 0.05) is 31.2 Å². The molecule has 6 rings (SSSR count). The number of nitrogens with one attached hydrogen (secondary N) is 1. The van der Waals surface area contributed by atoms with Gasteiger partial charge in [0.25, 0.3) is 0 Å². The van der Waals surface area contributed by atoms with Crippen LogP contribution in [0, 0.1) is 0 Å². The van der Waals surface area contributed by atoms with Crippen LogP contribution in [0.5, 0.6) is 0 Å². The number of aromatic nitrogens is 4. The van der Waals surface area contributed by atoms with Crippen molar-refractivity contribution < 1.29 is 4.74 Å². The van der Waals surface area contributed by atoms with Gasteiger partial charge in [0.15, 0.2) is 5.65 Å². The van der Waals surface area contributed by atoms with Gasteiger partial charge in [0.2, 0.25) is 5.95 Å². The van der Waals surface area contributed by atoms with Gasteiger partial charge in [-0.2, -0.15) is 4.98 Å². The smallest absolute Gasteiger partial charge is 0.227 e. The summed E-state index contributed by atoms with van der Waals surface area (Å²) < 4.78 is 7.64. The van der Waals surface area contributed by atoms with E-state index in [1.807, 2.05) is 6.33 Å². The minimum atomic E-state index is 0.390. The zero-order chi connectivity index (χ0) is 19.2. The van der Waals surface area contributed by atoms with Crippen LogP contribution in [-0.2, 0) is 4.74 Å². The van der Waals surface area contributed by atoms with E-state index < -0.39 is 0 Å². The summed E-state index contributed by atoms with van der Waals surface area (Å²) in [6, 6.07) is 8.90. The van der Waals surface area contributed by atoms with E-state index in [1.54, 1.807) is 0 Å². The Balaban J connectivity index is 1.46. The summed E-state index contributed by atoms with van der Waals surface area (Å²) in [5.74, 6) is 1.96. The van der Waals surface area contributed by atoms with Crippen LogP contribution in [0.1, 0.15) is 42.4 Å². The standard InChI is InChI=1S/C22H26N6O/c1-2-15(1)16-3-5-18(6-4-16)28-14-24-20-19(17-7-8-23-13-17)25-22(26-21(20)28)27-9-11-29-12-10-27/h3-6,14-15,17,23H,1-2,7-13H2. The Morgan fingerprint density at radius 1 is 0.966 bits per heavy atom. The minimum Gasteiger partial charge on any atom is -0.378 e. The van der Waals surface area contributed by atoms with Gasteiger partial charge in [0.1, 0.15) is 11.8 Å². The van der Waals surface area contributed by atoms with Crippen molar-refractivity contribution in [3.63, 3.8) is 0 Å². The molecule has 0 bridgehead atoms. The number of anilines is 1. The third-order valence-electron chi connectivity index (χ3n) is 6.37. The summed E-state index contributed by atoms with van der Waals surface area (Å²) in [6.45, 7) is 5.10. The van der Waals surface area contributed by atoms with E-state index in [4.69, 9.17) is 19.7 Å². The maximum Gasteiger partial charge on any atom is 0.227 e. The summed E-state index contributed by atoms with van der Waals surface area (Å²) in [5, 5.41) is 3.47. The van der Waals surface area contributed by atoms with Crippen LogP contribution >= 0.6 is 0 Å². The van der Waals surface area contributed by atoms with Gasteiger partial charge in [-0.05, 0) is 49.4 Å². The van der Waals surface area contributed by atoms with E-state index in [1.165, 1.54) is 18.4 Å². The van der Waals surface area contributed by atoms with Crippen LogP contribution in [0.4, 0.5) is 5.95 Å². The number of nitrogens with zero attached hydrogens (tertiary/aromatic N) is 5. The van der Waals surface area contributed by atoms with Gasteiger partial charge in [-0.15, -0.1) is 0 Å². The van der Waals surface area contributed by atoms with E-state index in [0.29, 0.717) is 5.92 Å². The first-order valence-electron chi connectivity index (χ1n) is 10.8. The van der Waals surface area contributed by atoms with Gasteiger partial charge in [-0.3, -0.25) is 4.57 Å². The van der Waals surface area contributed by atoms with Crippen LogP contribution in [-0.4, -0.2) is 58.9 Å². The number of hydrogen-bond acceptors (Lipinski definition) is 6. The fourth-order valence-electron chi connectivity index (χ4n) is 4.50. The summed E-state index contributed by atoms with van der Waals surface area (Å²) in [6.07, 6.45) is 5.64. The molecule has 1 aliphatic carbocycles. The molecule has 4 heterocycles. The van der Waals surface area contributed by atoms with Gasteiger partial charge in [0.05, 0.1) is 18.9 Å². The second-order valence-corrected chi connectivity index (χ2v) is 8.35. The maximum atomic E-state index is 5.53. The molecule has 3 aliphatic rings. The van der Waals surface area contributed by atoms with E-state index >= 15 is 0 Å². The monoisotopic (exact) mass is 390 g/mol. The molecule has 0 spiro atoms. The number of benzene rings is 1. The zero-order valence-corrected chi connectivity index (χ0v) is 16.5. The van der Waals surface area contributed by atoms with E-state index in [-0.39, 0.29) is 0 Å². The summed E-state index contributed by atoms with van der Waals surface area (Å²) >= 11 is 0. The average Bonchev–Trinajstić information content (AvgIpc) is 3.31. The zero-order valence-electron chi connectivity index (χ0n) is 16.5. The molecule has 7 nitrogen and oxygen atoms in total. The number of morpholine rings is 1. The van der Waals surface area contributed by atoms with Crippen molar-refractivity contribution in [3.05, 3.63) is 41.9 Å². The first-order valence-corrected chi connectivity index (χ1v) is 10.8. The Morgan fingerprint density at radius 2 is 1.79 bits per heavy atom. The second-order valence-electron chi connectivity index (χ2n) is 8.35. The molecule has 1 saturated carbocycles. The molecule has 3 aromatic rings. The molecule has 1 atom stereocenters. The molecule has 1 N–H and O–H groups in total. The second kappa shape index (κ2) is 7.07. The minimum absolute atomic E-state index is 0.390. The first kappa shape index (κ1) is 17.4. The van der Waals surface area contributed by atoms with Crippen LogP contribution in [0.15, 0.2) is 30.6 Å². The number of ether oxygens (including phenoxy) is 1. The molecule has 0 amide bonds. The van der Waals surface area contributed by atoms with Crippen molar-refractivity contribution in [2.45, 2.75) is 31.1 Å². The first-order chi connectivity index (χ1) is 14.4.